The summed E-state index contributed by atoms with van der Waals surface area (Å²) in [5.41, 5.74) is 12.9. The van der Waals surface area contributed by atoms with Crippen molar-refractivity contribution in [1.82, 2.24) is 0 Å². The van der Waals surface area contributed by atoms with Gasteiger partial charge in [0, 0.05) is 57.3 Å². The Morgan fingerprint density at radius 2 is 0.754 bits per heavy atom. The highest BCUT2D eigenvalue weighted by Crippen LogP contribution is 2.45. The monoisotopic (exact) mass is 811 g/mol. The van der Waals surface area contributed by atoms with Gasteiger partial charge < -0.3 is 4.90 Å². The number of para-hydroxylation sites is 1. The molecule has 0 fully saturated rings. The molecule has 0 N–H and O–H groups in total. The minimum Gasteiger partial charge on any atom is -0.310 e. The number of benzene rings is 10. The number of anilines is 3. The van der Waals surface area contributed by atoms with E-state index >= 15 is 0 Å². The van der Waals surface area contributed by atoms with Crippen LogP contribution in [0, 0.1) is 0 Å². The molecule has 0 saturated carbocycles. The molecule has 0 radical (unpaired) electrons. The second-order valence-electron chi connectivity index (χ2n) is 15.7. The second kappa shape index (κ2) is 14.8. The van der Waals surface area contributed by atoms with E-state index in [9.17, 15) is 0 Å². The minimum atomic E-state index is 1.10. The molecule has 0 aliphatic heterocycles. The lowest BCUT2D eigenvalue weighted by molar-refractivity contribution is 1.28. The van der Waals surface area contributed by atoms with Crippen LogP contribution >= 0.6 is 22.7 Å². The van der Waals surface area contributed by atoms with E-state index in [1.54, 1.807) is 0 Å². The number of nitrogens with zero attached hydrogens (tertiary/aromatic N) is 1. The van der Waals surface area contributed by atoms with Gasteiger partial charge in [0.15, 0.2) is 0 Å². The Bertz CT molecular complexity index is 3600. The zero-order valence-electron chi connectivity index (χ0n) is 33.1. The van der Waals surface area contributed by atoms with Gasteiger partial charge in [-0.1, -0.05) is 164 Å². The molecule has 0 spiro atoms. The average Bonchev–Trinajstić information content (AvgIpc) is 3.90. The summed E-state index contributed by atoms with van der Waals surface area (Å²) in [6.45, 7) is 0. The summed E-state index contributed by atoms with van der Waals surface area (Å²) < 4.78 is 5.26. The first kappa shape index (κ1) is 35.6. The molecule has 1 nitrogen and oxygen atoms in total. The molecular formula is C58H37NS2. The van der Waals surface area contributed by atoms with Crippen molar-refractivity contribution in [3.63, 3.8) is 0 Å². The highest BCUT2D eigenvalue weighted by molar-refractivity contribution is 7.26. The first-order chi connectivity index (χ1) is 30.2. The fourth-order valence-electron chi connectivity index (χ4n) is 9.11. The molecule has 2 heterocycles. The third kappa shape index (κ3) is 6.29. The van der Waals surface area contributed by atoms with E-state index < -0.39 is 0 Å². The fraction of sp³-hybridized carbons (Fsp3) is 0. The normalized spacial score (nSPS) is 11.6. The van der Waals surface area contributed by atoms with E-state index in [0.29, 0.717) is 0 Å². The van der Waals surface area contributed by atoms with Crippen LogP contribution in [-0.4, -0.2) is 0 Å². The maximum atomic E-state index is 2.43. The Morgan fingerprint density at radius 3 is 1.52 bits per heavy atom. The van der Waals surface area contributed by atoms with Gasteiger partial charge >= 0.3 is 0 Å². The van der Waals surface area contributed by atoms with Crippen LogP contribution in [0.1, 0.15) is 0 Å². The predicted molar refractivity (Wildman–Crippen MR) is 266 cm³/mol. The van der Waals surface area contributed by atoms with Crippen molar-refractivity contribution in [3.8, 4) is 44.5 Å². The van der Waals surface area contributed by atoms with E-state index in [4.69, 9.17) is 0 Å². The van der Waals surface area contributed by atoms with Crippen molar-refractivity contribution in [1.29, 1.82) is 0 Å². The Labute approximate surface area is 362 Å². The third-order valence-electron chi connectivity index (χ3n) is 12.1. The van der Waals surface area contributed by atoms with Gasteiger partial charge in [0.25, 0.3) is 0 Å². The van der Waals surface area contributed by atoms with Crippen LogP contribution in [0.4, 0.5) is 17.1 Å². The van der Waals surface area contributed by atoms with Crippen LogP contribution in [0.3, 0.4) is 0 Å². The topological polar surface area (TPSA) is 3.24 Å². The van der Waals surface area contributed by atoms with E-state index in [2.05, 4.69) is 229 Å². The Kier molecular flexibility index (Phi) is 8.62. The summed E-state index contributed by atoms with van der Waals surface area (Å²) in [7, 11) is 0. The molecule has 0 bridgehead atoms. The summed E-state index contributed by atoms with van der Waals surface area (Å²) >= 11 is 3.73. The molecule has 61 heavy (non-hydrogen) atoms. The highest BCUT2D eigenvalue weighted by atomic mass is 32.1. The summed E-state index contributed by atoms with van der Waals surface area (Å²) in [4.78, 5) is 2.43. The Balaban J connectivity index is 0.985. The summed E-state index contributed by atoms with van der Waals surface area (Å²) in [5, 5.41) is 7.78. The van der Waals surface area contributed by atoms with Gasteiger partial charge in [-0.25, -0.2) is 0 Å². The number of hydrogen-bond acceptors (Lipinski definition) is 3. The maximum Gasteiger partial charge on any atom is 0.0540 e. The quantitative estimate of drug-likeness (QED) is 0.155. The van der Waals surface area contributed by atoms with Gasteiger partial charge in [-0.2, -0.15) is 0 Å². The van der Waals surface area contributed by atoms with Crippen molar-refractivity contribution in [2.24, 2.45) is 0 Å². The van der Waals surface area contributed by atoms with Crippen molar-refractivity contribution >= 4 is 90.9 Å². The molecule has 0 saturated heterocycles. The van der Waals surface area contributed by atoms with Crippen molar-refractivity contribution < 1.29 is 0 Å². The van der Waals surface area contributed by atoms with Crippen molar-refractivity contribution in [2.75, 3.05) is 4.90 Å². The number of fused-ring (bicyclic) bond motifs is 7. The van der Waals surface area contributed by atoms with Gasteiger partial charge in [-0.05, 0) is 110 Å². The second-order valence-corrected chi connectivity index (χ2v) is 17.8. The SMILES string of the molecule is c1cc(-c2cccc(N(c3ccc(-c4ccc5c(c4)sc4ccccc45)cc3)c3ccccc3-c3ccc4c(c3)sc3ccccc34)c2)cc(-c2cccc3ccccc23)c1. The average molecular weight is 812 g/mol. The van der Waals surface area contributed by atoms with Gasteiger partial charge in [-0.3, -0.25) is 0 Å². The van der Waals surface area contributed by atoms with Crippen LogP contribution in [0.15, 0.2) is 224 Å². The summed E-state index contributed by atoms with van der Waals surface area (Å²) in [6.07, 6.45) is 0. The van der Waals surface area contributed by atoms with Crippen LogP contribution in [0.2, 0.25) is 0 Å². The highest BCUT2D eigenvalue weighted by Gasteiger charge is 2.19. The van der Waals surface area contributed by atoms with Crippen molar-refractivity contribution in [3.05, 3.63) is 224 Å². The van der Waals surface area contributed by atoms with Crippen LogP contribution < -0.4 is 4.90 Å². The van der Waals surface area contributed by atoms with Crippen LogP contribution in [0.25, 0.3) is 95.6 Å². The van der Waals surface area contributed by atoms with Gasteiger partial charge in [-0.15, -0.1) is 22.7 Å². The first-order valence-electron chi connectivity index (χ1n) is 20.7. The number of rotatable bonds is 7. The Hall–Kier alpha value is -7.30. The molecule has 12 rings (SSSR count). The lowest BCUT2D eigenvalue weighted by Gasteiger charge is -2.28. The molecule has 0 aliphatic rings. The van der Waals surface area contributed by atoms with E-state index in [1.165, 1.54) is 95.6 Å². The molecule has 3 heteroatoms. The van der Waals surface area contributed by atoms with Gasteiger partial charge in [0.2, 0.25) is 0 Å². The third-order valence-corrected chi connectivity index (χ3v) is 14.3. The van der Waals surface area contributed by atoms with Gasteiger partial charge in [0.1, 0.15) is 0 Å². The summed E-state index contributed by atoms with van der Waals surface area (Å²) in [6, 6.07) is 82.5. The van der Waals surface area contributed by atoms with Crippen LogP contribution in [0.5, 0.6) is 0 Å². The molecule has 0 aliphatic carbocycles. The first-order valence-corrected chi connectivity index (χ1v) is 22.4. The molecule has 12 aromatic rings. The smallest absolute Gasteiger partial charge is 0.0540 e. The minimum absolute atomic E-state index is 1.10. The zero-order valence-corrected chi connectivity index (χ0v) is 34.8. The van der Waals surface area contributed by atoms with Crippen LogP contribution in [-0.2, 0) is 0 Å². The molecule has 0 amide bonds. The molecule has 286 valence electrons. The molecule has 0 unspecified atom stereocenters. The summed E-state index contributed by atoms with van der Waals surface area (Å²) in [5.74, 6) is 0. The predicted octanol–water partition coefficient (Wildman–Crippen LogP) is 17.7. The van der Waals surface area contributed by atoms with E-state index in [1.807, 2.05) is 22.7 Å². The Morgan fingerprint density at radius 1 is 0.262 bits per heavy atom. The number of thiophene rings is 2. The number of hydrogen-bond donors (Lipinski definition) is 0. The van der Waals surface area contributed by atoms with E-state index in [0.717, 1.165) is 17.1 Å². The largest absolute Gasteiger partial charge is 0.310 e. The fourth-order valence-corrected chi connectivity index (χ4v) is 11.4. The standard InChI is InChI=1S/C58H37NS2/c1-2-18-47-39(12-1)13-11-22-48(47)43-16-9-14-40(34-43)41-15-10-17-46(35-41)59(45-30-26-38(27-31-45)42-28-32-52-50-20-4-7-24-55(50)60-57(52)36-42)54-23-6-3-19-49(54)44-29-33-53-51-21-5-8-25-56(51)61-58(53)37-44/h1-37H. The van der Waals surface area contributed by atoms with E-state index in [-0.39, 0.29) is 0 Å². The van der Waals surface area contributed by atoms with Gasteiger partial charge in [0.05, 0.1) is 5.69 Å². The lowest BCUT2D eigenvalue weighted by atomic mass is 9.95. The molecular weight excluding hydrogens is 775 g/mol. The maximum absolute atomic E-state index is 2.43. The molecule has 2 aromatic heterocycles. The molecule has 0 atom stereocenters. The van der Waals surface area contributed by atoms with Crippen molar-refractivity contribution in [2.45, 2.75) is 0 Å². The zero-order chi connectivity index (χ0) is 40.3. The molecule has 10 aromatic carbocycles. The lowest BCUT2D eigenvalue weighted by Crippen LogP contribution is -2.11.